The second-order valence-electron chi connectivity index (χ2n) is 6.29. The molecular formula is C18H30N2O. The molecule has 3 nitrogen and oxygen atoms in total. The number of piperazine rings is 1. The summed E-state index contributed by atoms with van der Waals surface area (Å²) in [6.45, 7) is 11.6. The number of nitrogens with one attached hydrogen (secondary N) is 1. The van der Waals surface area contributed by atoms with Gasteiger partial charge >= 0.3 is 0 Å². The molecule has 1 aliphatic heterocycles. The van der Waals surface area contributed by atoms with Crippen LogP contribution in [0.25, 0.3) is 0 Å². The first-order valence-corrected chi connectivity index (χ1v) is 8.29. The largest absolute Gasteiger partial charge is 0.380 e. The molecule has 21 heavy (non-hydrogen) atoms. The van der Waals surface area contributed by atoms with Crippen molar-refractivity contribution in [1.82, 2.24) is 10.2 Å². The lowest BCUT2D eigenvalue weighted by Crippen LogP contribution is -2.59. The maximum Gasteiger partial charge on any atom is 0.0593 e. The fourth-order valence-corrected chi connectivity index (χ4v) is 3.02. The van der Waals surface area contributed by atoms with Gasteiger partial charge in [0, 0.05) is 38.3 Å². The third-order valence-corrected chi connectivity index (χ3v) is 4.41. The van der Waals surface area contributed by atoms with Crippen LogP contribution >= 0.6 is 0 Å². The molecule has 1 aliphatic rings. The number of hydrogen-bond donors (Lipinski definition) is 1. The van der Waals surface area contributed by atoms with Crippen molar-refractivity contribution in [3.8, 4) is 0 Å². The van der Waals surface area contributed by atoms with E-state index in [2.05, 4.69) is 61.3 Å². The summed E-state index contributed by atoms with van der Waals surface area (Å²) in [6.07, 6.45) is 1.12. The van der Waals surface area contributed by atoms with Crippen LogP contribution in [0.15, 0.2) is 30.3 Å². The molecule has 0 spiro atoms. The Morgan fingerprint density at radius 1 is 1.29 bits per heavy atom. The molecule has 2 unspecified atom stereocenters. The molecule has 0 bridgehead atoms. The van der Waals surface area contributed by atoms with Crippen molar-refractivity contribution < 1.29 is 4.74 Å². The number of nitrogens with zero attached hydrogens (tertiary/aromatic N) is 1. The molecule has 1 saturated heterocycles. The van der Waals surface area contributed by atoms with Crippen molar-refractivity contribution in [3.63, 3.8) is 0 Å². The van der Waals surface area contributed by atoms with E-state index in [1.165, 1.54) is 5.56 Å². The van der Waals surface area contributed by atoms with E-state index < -0.39 is 0 Å². The lowest BCUT2D eigenvalue weighted by Gasteiger charge is -2.42. The molecule has 1 N–H and O–H groups in total. The van der Waals surface area contributed by atoms with Crippen LogP contribution in [0.5, 0.6) is 0 Å². The molecule has 0 radical (unpaired) electrons. The van der Waals surface area contributed by atoms with Gasteiger partial charge in [-0.15, -0.1) is 0 Å². The van der Waals surface area contributed by atoms with Crippen LogP contribution in [0.3, 0.4) is 0 Å². The Balaban J connectivity index is 1.96. The molecule has 0 aromatic heterocycles. The van der Waals surface area contributed by atoms with Gasteiger partial charge in [0.1, 0.15) is 0 Å². The molecule has 1 aromatic rings. The fraction of sp³-hybridized carbons (Fsp3) is 0.667. The second-order valence-corrected chi connectivity index (χ2v) is 6.29. The molecule has 1 fully saturated rings. The number of hydrogen-bond acceptors (Lipinski definition) is 3. The summed E-state index contributed by atoms with van der Waals surface area (Å²) in [5.74, 6) is 0.678. The van der Waals surface area contributed by atoms with Gasteiger partial charge in [-0.2, -0.15) is 0 Å². The van der Waals surface area contributed by atoms with Crippen molar-refractivity contribution in [1.29, 1.82) is 0 Å². The quantitative estimate of drug-likeness (QED) is 0.781. The second kappa shape index (κ2) is 8.52. The summed E-state index contributed by atoms with van der Waals surface area (Å²) in [4.78, 5) is 2.61. The highest BCUT2D eigenvalue weighted by Gasteiger charge is 2.28. The lowest BCUT2D eigenvalue weighted by molar-refractivity contribution is 0.0631. The minimum absolute atomic E-state index is 0.572. The summed E-state index contributed by atoms with van der Waals surface area (Å²) in [5, 5.41) is 3.73. The van der Waals surface area contributed by atoms with Crippen molar-refractivity contribution in [3.05, 3.63) is 35.9 Å². The highest BCUT2D eigenvalue weighted by molar-refractivity contribution is 5.16. The zero-order valence-corrected chi connectivity index (χ0v) is 13.7. The summed E-state index contributed by atoms with van der Waals surface area (Å²) < 4.78 is 5.57. The molecular weight excluding hydrogens is 260 g/mol. The van der Waals surface area contributed by atoms with Gasteiger partial charge in [-0.1, -0.05) is 44.2 Å². The minimum Gasteiger partial charge on any atom is -0.380 e. The Morgan fingerprint density at radius 3 is 2.71 bits per heavy atom. The van der Waals surface area contributed by atoms with E-state index in [4.69, 9.17) is 4.74 Å². The van der Waals surface area contributed by atoms with E-state index in [9.17, 15) is 0 Å². The summed E-state index contributed by atoms with van der Waals surface area (Å²) in [7, 11) is 0. The predicted octanol–water partition coefficient (Wildman–Crippen LogP) is 2.56. The van der Waals surface area contributed by atoms with Crippen molar-refractivity contribution >= 4 is 0 Å². The Morgan fingerprint density at radius 2 is 2.05 bits per heavy atom. The highest BCUT2D eigenvalue weighted by atomic mass is 16.5. The van der Waals surface area contributed by atoms with Crippen LogP contribution < -0.4 is 5.32 Å². The molecule has 0 saturated carbocycles. The predicted molar refractivity (Wildman–Crippen MR) is 88.6 cm³/mol. The molecule has 2 atom stereocenters. The Hall–Kier alpha value is -0.900. The number of rotatable bonds is 7. The Labute approximate surface area is 129 Å². The first-order chi connectivity index (χ1) is 10.2. The van der Waals surface area contributed by atoms with Gasteiger partial charge in [-0.05, 0) is 24.8 Å². The molecule has 0 aliphatic carbocycles. The van der Waals surface area contributed by atoms with Gasteiger partial charge in [0.15, 0.2) is 0 Å². The molecule has 1 heterocycles. The van der Waals surface area contributed by atoms with E-state index in [1.54, 1.807) is 0 Å². The minimum atomic E-state index is 0.572. The van der Waals surface area contributed by atoms with Crippen molar-refractivity contribution in [2.24, 2.45) is 5.92 Å². The maximum atomic E-state index is 5.57. The van der Waals surface area contributed by atoms with E-state index >= 15 is 0 Å². The molecule has 3 heteroatoms. The smallest absolute Gasteiger partial charge is 0.0593 e. The van der Waals surface area contributed by atoms with E-state index in [-0.39, 0.29) is 0 Å². The van der Waals surface area contributed by atoms with E-state index in [0.29, 0.717) is 18.0 Å². The average molecular weight is 290 g/mol. The third-order valence-electron chi connectivity index (χ3n) is 4.41. The Kier molecular flexibility index (Phi) is 6.68. The van der Waals surface area contributed by atoms with Crippen LogP contribution in [0, 0.1) is 5.92 Å². The van der Waals surface area contributed by atoms with Crippen LogP contribution in [-0.4, -0.2) is 49.8 Å². The van der Waals surface area contributed by atoms with Crippen LogP contribution in [0.4, 0.5) is 0 Å². The Bertz CT molecular complexity index is 393. The van der Waals surface area contributed by atoms with Gasteiger partial charge in [0.05, 0.1) is 6.61 Å². The molecule has 0 amide bonds. The monoisotopic (exact) mass is 290 g/mol. The van der Waals surface area contributed by atoms with Crippen LogP contribution in [0.2, 0.25) is 0 Å². The summed E-state index contributed by atoms with van der Waals surface area (Å²) in [5.41, 5.74) is 1.42. The summed E-state index contributed by atoms with van der Waals surface area (Å²) in [6, 6.07) is 12.0. The van der Waals surface area contributed by atoms with Crippen molar-refractivity contribution in [2.75, 3.05) is 32.8 Å². The highest BCUT2D eigenvalue weighted by Crippen LogP contribution is 2.16. The summed E-state index contributed by atoms with van der Waals surface area (Å²) >= 11 is 0. The average Bonchev–Trinajstić information content (AvgIpc) is 2.50. The lowest BCUT2D eigenvalue weighted by atomic mass is 9.96. The molecule has 2 rings (SSSR count). The van der Waals surface area contributed by atoms with Gasteiger partial charge in [0.2, 0.25) is 0 Å². The SMILES string of the molecule is CCOCCN1CC(C(C)C)NCC1Cc1ccccc1. The van der Waals surface area contributed by atoms with Gasteiger partial charge in [-0.25, -0.2) is 0 Å². The molecule has 1 aromatic carbocycles. The molecule has 118 valence electrons. The zero-order chi connectivity index (χ0) is 15.1. The zero-order valence-electron chi connectivity index (χ0n) is 13.7. The standard InChI is InChI=1S/C18H30N2O/c1-4-21-11-10-20-14-18(15(2)3)19-13-17(20)12-16-8-6-5-7-9-16/h5-9,15,17-19H,4,10-14H2,1-3H3. The van der Waals surface area contributed by atoms with Crippen LogP contribution in [-0.2, 0) is 11.2 Å². The number of ether oxygens (including phenoxy) is 1. The normalized spacial score (nSPS) is 23.6. The van der Waals surface area contributed by atoms with Crippen molar-refractivity contribution in [2.45, 2.75) is 39.3 Å². The van der Waals surface area contributed by atoms with E-state index in [0.717, 1.165) is 39.3 Å². The van der Waals surface area contributed by atoms with Gasteiger partial charge in [-0.3, -0.25) is 4.90 Å². The number of benzene rings is 1. The fourth-order valence-electron chi connectivity index (χ4n) is 3.02. The van der Waals surface area contributed by atoms with Gasteiger partial charge < -0.3 is 10.1 Å². The van der Waals surface area contributed by atoms with Crippen LogP contribution in [0.1, 0.15) is 26.3 Å². The van der Waals surface area contributed by atoms with E-state index in [1.807, 2.05) is 0 Å². The topological polar surface area (TPSA) is 24.5 Å². The first-order valence-electron chi connectivity index (χ1n) is 8.29. The first kappa shape index (κ1) is 16.5. The third kappa shape index (κ3) is 5.10. The maximum absolute atomic E-state index is 5.57. The van der Waals surface area contributed by atoms with Gasteiger partial charge in [0.25, 0.3) is 0 Å².